The first kappa shape index (κ1) is 13.9. The highest BCUT2D eigenvalue weighted by atomic mass is 32.1. The number of hydrogen-bond acceptors (Lipinski definition) is 5. The van der Waals surface area contributed by atoms with Crippen molar-refractivity contribution in [3.63, 3.8) is 0 Å². The Labute approximate surface area is 120 Å². The third-order valence-corrected chi connectivity index (χ3v) is 3.69. The van der Waals surface area contributed by atoms with Crippen LogP contribution < -0.4 is 10.1 Å². The van der Waals surface area contributed by atoms with E-state index in [1.165, 1.54) is 18.4 Å². The van der Waals surface area contributed by atoms with Crippen LogP contribution in [0, 0.1) is 11.3 Å². The summed E-state index contributed by atoms with van der Waals surface area (Å²) < 4.78 is 5.21. The molecule has 0 fully saturated rings. The maximum absolute atomic E-state index is 11.0. The summed E-state index contributed by atoms with van der Waals surface area (Å²) in [6.07, 6.45) is 0. The number of nitrogens with zero attached hydrogens (tertiary/aromatic N) is 1. The number of nitrogens with one attached hydrogen (secondary N) is 1. The normalized spacial score (nSPS) is 9.80. The lowest BCUT2D eigenvalue weighted by atomic mass is 10.2. The van der Waals surface area contributed by atoms with E-state index in [9.17, 15) is 4.79 Å². The maximum atomic E-state index is 11.0. The minimum Gasteiger partial charge on any atom is -0.495 e. The zero-order valence-electron chi connectivity index (χ0n) is 10.7. The van der Waals surface area contributed by atoms with Crippen LogP contribution in [0.1, 0.15) is 20.8 Å². The Morgan fingerprint density at radius 2 is 2.30 bits per heavy atom. The molecule has 0 saturated heterocycles. The molecule has 0 saturated carbocycles. The van der Waals surface area contributed by atoms with Crippen molar-refractivity contribution in [2.75, 3.05) is 12.4 Å². The summed E-state index contributed by atoms with van der Waals surface area (Å²) in [5, 5.41) is 22.7. The quantitative estimate of drug-likeness (QED) is 0.884. The topological polar surface area (TPSA) is 82.3 Å². The number of hydrogen-bond donors (Lipinski definition) is 2. The monoisotopic (exact) mass is 288 g/mol. The third kappa shape index (κ3) is 2.90. The lowest BCUT2D eigenvalue weighted by molar-refractivity contribution is 0.0701. The Morgan fingerprint density at radius 3 is 2.95 bits per heavy atom. The number of anilines is 1. The molecule has 0 amide bonds. The summed E-state index contributed by atoms with van der Waals surface area (Å²) in [7, 11) is 1.52. The molecule has 20 heavy (non-hydrogen) atoms. The van der Waals surface area contributed by atoms with Crippen molar-refractivity contribution < 1.29 is 14.6 Å². The summed E-state index contributed by atoms with van der Waals surface area (Å²) in [6, 6.07) is 8.86. The van der Waals surface area contributed by atoms with Gasteiger partial charge in [0.2, 0.25) is 0 Å². The van der Waals surface area contributed by atoms with Gasteiger partial charge < -0.3 is 15.2 Å². The van der Waals surface area contributed by atoms with Crippen molar-refractivity contribution >= 4 is 23.0 Å². The number of nitriles is 1. The van der Waals surface area contributed by atoms with Gasteiger partial charge in [-0.1, -0.05) is 0 Å². The van der Waals surface area contributed by atoms with E-state index in [1.54, 1.807) is 29.6 Å². The summed E-state index contributed by atoms with van der Waals surface area (Å²) in [5.74, 6) is -0.375. The largest absolute Gasteiger partial charge is 0.495 e. The van der Waals surface area contributed by atoms with Crippen LogP contribution in [-0.4, -0.2) is 18.2 Å². The van der Waals surface area contributed by atoms with Gasteiger partial charge >= 0.3 is 5.97 Å². The smallest absolute Gasteiger partial charge is 0.346 e. The van der Waals surface area contributed by atoms with E-state index in [0.29, 0.717) is 34.0 Å². The van der Waals surface area contributed by atoms with Gasteiger partial charge in [0.15, 0.2) is 0 Å². The molecular weight excluding hydrogens is 276 g/mol. The molecule has 2 rings (SSSR count). The standard InChI is InChI=1S/C14H12N2O3S/c1-19-12-6-9(7-15)2-3-11(12)16-8-10-4-5-20-13(10)14(17)18/h2-6,16H,8H2,1H3,(H,17,18). The first-order valence-electron chi connectivity index (χ1n) is 5.77. The molecule has 6 heteroatoms. The van der Waals surface area contributed by atoms with Gasteiger partial charge in [-0.15, -0.1) is 11.3 Å². The second-order valence-electron chi connectivity index (χ2n) is 3.96. The van der Waals surface area contributed by atoms with Gasteiger partial charge in [0.1, 0.15) is 10.6 Å². The molecule has 0 radical (unpaired) electrons. The molecule has 1 aromatic heterocycles. The molecule has 0 aliphatic carbocycles. The number of thiophene rings is 1. The zero-order chi connectivity index (χ0) is 14.5. The van der Waals surface area contributed by atoms with Gasteiger partial charge in [-0.2, -0.15) is 5.26 Å². The van der Waals surface area contributed by atoms with Crippen LogP contribution in [0.4, 0.5) is 5.69 Å². The number of carbonyl (C=O) groups is 1. The molecule has 0 aliphatic heterocycles. The molecule has 2 N–H and O–H groups in total. The predicted molar refractivity (Wildman–Crippen MR) is 76.3 cm³/mol. The van der Waals surface area contributed by atoms with E-state index < -0.39 is 5.97 Å². The minimum absolute atomic E-state index is 0.324. The molecule has 0 spiro atoms. The third-order valence-electron chi connectivity index (χ3n) is 2.74. The average molecular weight is 288 g/mol. The van der Waals surface area contributed by atoms with Crippen molar-refractivity contribution in [3.05, 3.63) is 45.6 Å². The molecule has 0 unspecified atom stereocenters. The van der Waals surface area contributed by atoms with Crippen molar-refractivity contribution in [3.8, 4) is 11.8 Å². The van der Waals surface area contributed by atoms with E-state index in [0.717, 1.165) is 0 Å². The van der Waals surface area contributed by atoms with Gasteiger partial charge in [0.25, 0.3) is 0 Å². The van der Waals surface area contributed by atoms with Crippen LogP contribution in [-0.2, 0) is 6.54 Å². The SMILES string of the molecule is COc1cc(C#N)ccc1NCc1ccsc1C(=O)O. The number of carboxylic acids is 1. The molecule has 2 aromatic rings. The van der Waals surface area contributed by atoms with Crippen molar-refractivity contribution in [2.24, 2.45) is 0 Å². The number of methoxy groups -OCH3 is 1. The van der Waals surface area contributed by atoms with E-state index >= 15 is 0 Å². The molecule has 0 aliphatic rings. The number of carboxylic acid groups (broad SMARTS) is 1. The summed E-state index contributed by atoms with van der Waals surface area (Å²) in [5.41, 5.74) is 1.94. The van der Waals surface area contributed by atoms with Gasteiger partial charge in [0.05, 0.1) is 24.4 Å². The van der Waals surface area contributed by atoms with Crippen LogP contribution >= 0.6 is 11.3 Å². The van der Waals surface area contributed by atoms with Crippen molar-refractivity contribution in [1.82, 2.24) is 0 Å². The van der Waals surface area contributed by atoms with Crippen molar-refractivity contribution in [1.29, 1.82) is 5.26 Å². The Kier molecular flexibility index (Phi) is 4.23. The number of benzene rings is 1. The fourth-order valence-electron chi connectivity index (χ4n) is 1.76. The van der Waals surface area contributed by atoms with Gasteiger partial charge in [0, 0.05) is 12.6 Å². The Bertz CT molecular complexity index is 673. The van der Waals surface area contributed by atoms with Crippen LogP contribution in [0.15, 0.2) is 29.6 Å². The van der Waals surface area contributed by atoms with Gasteiger partial charge in [-0.25, -0.2) is 4.79 Å². The highest BCUT2D eigenvalue weighted by Gasteiger charge is 2.12. The van der Waals surface area contributed by atoms with Gasteiger partial charge in [-0.3, -0.25) is 0 Å². The first-order chi connectivity index (χ1) is 9.65. The second kappa shape index (κ2) is 6.08. The van der Waals surface area contributed by atoms with Crippen LogP contribution in [0.3, 0.4) is 0 Å². The fraction of sp³-hybridized carbons (Fsp3) is 0.143. The van der Waals surface area contributed by atoms with E-state index in [2.05, 4.69) is 5.32 Å². The zero-order valence-corrected chi connectivity index (χ0v) is 11.5. The number of aromatic carboxylic acids is 1. The maximum Gasteiger partial charge on any atom is 0.346 e. The Morgan fingerprint density at radius 1 is 1.50 bits per heavy atom. The number of ether oxygens (including phenoxy) is 1. The van der Waals surface area contributed by atoms with Crippen LogP contribution in [0.5, 0.6) is 5.75 Å². The lowest BCUT2D eigenvalue weighted by Gasteiger charge is -2.11. The minimum atomic E-state index is -0.927. The van der Waals surface area contributed by atoms with E-state index in [-0.39, 0.29) is 0 Å². The lowest BCUT2D eigenvalue weighted by Crippen LogP contribution is -2.05. The molecule has 0 atom stereocenters. The van der Waals surface area contributed by atoms with Crippen LogP contribution in [0.2, 0.25) is 0 Å². The van der Waals surface area contributed by atoms with E-state index in [1.807, 2.05) is 6.07 Å². The summed E-state index contributed by atoms with van der Waals surface area (Å²) >= 11 is 1.19. The Balaban J connectivity index is 2.17. The second-order valence-corrected chi connectivity index (χ2v) is 4.88. The highest BCUT2D eigenvalue weighted by Crippen LogP contribution is 2.26. The molecule has 1 aromatic carbocycles. The average Bonchev–Trinajstić information content (AvgIpc) is 2.93. The fourth-order valence-corrected chi connectivity index (χ4v) is 2.52. The summed E-state index contributed by atoms with van der Waals surface area (Å²) in [6.45, 7) is 0.382. The van der Waals surface area contributed by atoms with Crippen LogP contribution in [0.25, 0.3) is 0 Å². The highest BCUT2D eigenvalue weighted by molar-refractivity contribution is 7.12. The van der Waals surface area contributed by atoms with Crippen molar-refractivity contribution in [2.45, 2.75) is 6.54 Å². The van der Waals surface area contributed by atoms with E-state index in [4.69, 9.17) is 15.1 Å². The molecular formula is C14H12N2O3S. The first-order valence-corrected chi connectivity index (χ1v) is 6.65. The van der Waals surface area contributed by atoms with Gasteiger partial charge in [-0.05, 0) is 29.1 Å². The Hall–Kier alpha value is -2.52. The summed E-state index contributed by atoms with van der Waals surface area (Å²) in [4.78, 5) is 11.3. The molecule has 0 bridgehead atoms. The molecule has 1 heterocycles. The predicted octanol–water partition coefficient (Wildman–Crippen LogP) is 2.94. The molecule has 102 valence electrons. The number of rotatable bonds is 5. The molecule has 5 nitrogen and oxygen atoms in total.